The van der Waals surface area contributed by atoms with Crippen LogP contribution in [0.15, 0.2) is 48.9 Å². The number of amides is 1. The van der Waals surface area contributed by atoms with Gasteiger partial charge in [0.25, 0.3) is 5.91 Å². The number of hydrogen-bond acceptors (Lipinski definition) is 5. The molecule has 1 amide bonds. The molecule has 0 saturated carbocycles. The largest absolute Gasteiger partial charge is 0.368 e. The molecule has 1 unspecified atom stereocenters. The maximum absolute atomic E-state index is 12.8. The molecular formula is C18H18Cl2N6O. The molecule has 1 aromatic carbocycles. The first kappa shape index (κ1) is 19.1. The number of anilines is 1. The predicted molar refractivity (Wildman–Crippen MR) is 106 cm³/mol. The van der Waals surface area contributed by atoms with Gasteiger partial charge in [0.05, 0.1) is 28.7 Å². The third-order valence-electron chi connectivity index (χ3n) is 3.92. The van der Waals surface area contributed by atoms with Crippen molar-refractivity contribution in [3.63, 3.8) is 0 Å². The standard InChI is InChI=1S/C18H18Cl2N6O/c1-2-14(11-22-17-6-4-13(20)10-21-17)25-18(27)15-9-12(19)3-5-16(15)26-23-7-8-24-26/h3-10,14H,2,11H2,1H3,(H,21,22)(H,25,27). The quantitative estimate of drug-likeness (QED) is 0.628. The van der Waals surface area contributed by atoms with E-state index in [1.165, 1.54) is 4.80 Å². The first-order valence-electron chi connectivity index (χ1n) is 8.39. The van der Waals surface area contributed by atoms with Crippen LogP contribution < -0.4 is 10.6 Å². The van der Waals surface area contributed by atoms with Gasteiger partial charge in [-0.1, -0.05) is 30.1 Å². The van der Waals surface area contributed by atoms with Crippen molar-refractivity contribution in [3.8, 4) is 5.69 Å². The van der Waals surface area contributed by atoms with Crippen molar-refractivity contribution in [2.24, 2.45) is 0 Å². The molecule has 140 valence electrons. The summed E-state index contributed by atoms with van der Waals surface area (Å²) in [6.07, 6.45) is 5.41. The van der Waals surface area contributed by atoms with Gasteiger partial charge in [0, 0.05) is 23.8 Å². The van der Waals surface area contributed by atoms with Crippen molar-refractivity contribution >= 4 is 34.9 Å². The third-order valence-corrected chi connectivity index (χ3v) is 4.38. The second kappa shape index (κ2) is 8.83. The highest BCUT2D eigenvalue weighted by Crippen LogP contribution is 2.19. The van der Waals surface area contributed by atoms with E-state index in [9.17, 15) is 4.79 Å². The summed E-state index contributed by atoms with van der Waals surface area (Å²) in [5, 5.41) is 15.4. The minimum absolute atomic E-state index is 0.104. The summed E-state index contributed by atoms with van der Waals surface area (Å²) in [5.41, 5.74) is 0.964. The van der Waals surface area contributed by atoms with Crippen LogP contribution in [0.2, 0.25) is 10.0 Å². The maximum Gasteiger partial charge on any atom is 0.253 e. The molecule has 9 heteroatoms. The monoisotopic (exact) mass is 404 g/mol. The Morgan fingerprint density at radius 3 is 2.56 bits per heavy atom. The van der Waals surface area contributed by atoms with Gasteiger partial charge in [-0.3, -0.25) is 4.79 Å². The van der Waals surface area contributed by atoms with E-state index < -0.39 is 0 Å². The number of hydrogen-bond donors (Lipinski definition) is 2. The molecule has 7 nitrogen and oxygen atoms in total. The van der Waals surface area contributed by atoms with Crippen molar-refractivity contribution in [3.05, 3.63) is 64.5 Å². The molecule has 0 aliphatic rings. The molecule has 2 heterocycles. The molecule has 0 aliphatic carbocycles. The number of benzene rings is 1. The van der Waals surface area contributed by atoms with E-state index in [2.05, 4.69) is 25.8 Å². The van der Waals surface area contributed by atoms with E-state index in [-0.39, 0.29) is 11.9 Å². The smallest absolute Gasteiger partial charge is 0.253 e. The summed E-state index contributed by atoms with van der Waals surface area (Å²) >= 11 is 11.9. The van der Waals surface area contributed by atoms with Gasteiger partial charge in [0.2, 0.25) is 0 Å². The first-order valence-corrected chi connectivity index (χ1v) is 9.15. The van der Waals surface area contributed by atoms with Crippen molar-refractivity contribution < 1.29 is 4.79 Å². The summed E-state index contributed by atoms with van der Waals surface area (Å²) in [6.45, 7) is 2.52. The summed E-state index contributed by atoms with van der Waals surface area (Å²) < 4.78 is 0. The van der Waals surface area contributed by atoms with Crippen LogP contribution in [0.4, 0.5) is 5.82 Å². The van der Waals surface area contributed by atoms with Gasteiger partial charge in [-0.2, -0.15) is 15.0 Å². The van der Waals surface area contributed by atoms with Crippen LogP contribution in [0, 0.1) is 0 Å². The minimum Gasteiger partial charge on any atom is -0.368 e. The molecule has 1 atom stereocenters. The summed E-state index contributed by atoms with van der Waals surface area (Å²) in [7, 11) is 0. The maximum atomic E-state index is 12.8. The Morgan fingerprint density at radius 1 is 1.15 bits per heavy atom. The lowest BCUT2D eigenvalue weighted by molar-refractivity contribution is 0.0937. The summed E-state index contributed by atoms with van der Waals surface area (Å²) in [4.78, 5) is 18.4. The van der Waals surface area contributed by atoms with Crippen LogP contribution in [-0.2, 0) is 0 Å². The molecule has 0 bridgehead atoms. The second-order valence-corrected chi connectivity index (χ2v) is 6.67. The van der Waals surface area contributed by atoms with Crippen LogP contribution in [0.3, 0.4) is 0 Å². The number of carbonyl (C=O) groups excluding carboxylic acids is 1. The summed E-state index contributed by atoms with van der Waals surface area (Å²) in [5.74, 6) is 0.443. The van der Waals surface area contributed by atoms with E-state index in [0.717, 1.165) is 6.42 Å². The molecule has 0 radical (unpaired) electrons. The van der Waals surface area contributed by atoms with E-state index in [1.54, 1.807) is 48.9 Å². The van der Waals surface area contributed by atoms with E-state index in [1.807, 2.05) is 6.92 Å². The fourth-order valence-electron chi connectivity index (χ4n) is 2.47. The highest BCUT2D eigenvalue weighted by atomic mass is 35.5. The van der Waals surface area contributed by atoms with Crippen molar-refractivity contribution in [1.82, 2.24) is 25.3 Å². The number of nitrogens with zero attached hydrogens (tertiary/aromatic N) is 4. The van der Waals surface area contributed by atoms with Crippen LogP contribution in [-0.4, -0.2) is 38.5 Å². The zero-order valence-electron chi connectivity index (χ0n) is 14.6. The fraction of sp³-hybridized carbons (Fsp3) is 0.222. The zero-order valence-corrected chi connectivity index (χ0v) is 16.1. The fourth-order valence-corrected chi connectivity index (χ4v) is 2.76. The Labute approximate surface area is 166 Å². The molecule has 0 aliphatic heterocycles. The lowest BCUT2D eigenvalue weighted by Gasteiger charge is -2.19. The Balaban J connectivity index is 1.71. The number of aromatic nitrogens is 4. The molecule has 2 aromatic heterocycles. The highest BCUT2D eigenvalue weighted by Gasteiger charge is 2.18. The van der Waals surface area contributed by atoms with Gasteiger partial charge < -0.3 is 10.6 Å². The molecule has 2 N–H and O–H groups in total. The predicted octanol–water partition coefficient (Wildman–Crippen LogP) is 3.59. The van der Waals surface area contributed by atoms with Crippen LogP contribution in [0.5, 0.6) is 0 Å². The number of rotatable bonds is 7. The Kier molecular flexibility index (Phi) is 6.26. The Bertz CT molecular complexity index is 899. The molecule has 3 aromatic rings. The molecular weight excluding hydrogens is 387 g/mol. The van der Waals surface area contributed by atoms with Gasteiger partial charge in [-0.25, -0.2) is 4.98 Å². The first-order chi connectivity index (χ1) is 13.1. The number of carbonyl (C=O) groups is 1. The van der Waals surface area contributed by atoms with E-state index in [4.69, 9.17) is 23.2 Å². The zero-order chi connectivity index (χ0) is 19.2. The topological polar surface area (TPSA) is 84.7 Å². The summed E-state index contributed by atoms with van der Waals surface area (Å²) in [6, 6.07) is 8.46. The van der Waals surface area contributed by atoms with E-state index >= 15 is 0 Å². The molecule has 27 heavy (non-hydrogen) atoms. The third kappa shape index (κ3) is 4.96. The average molecular weight is 405 g/mol. The van der Waals surface area contributed by atoms with Gasteiger partial charge in [-0.05, 0) is 36.8 Å². The molecule has 0 fully saturated rings. The normalized spacial score (nSPS) is 11.8. The highest BCUT2D eigenvalue weighted by molar-refractivity contribution is 6.31. The lowest BCUT2D eigenvalue weighted by Crippen LogP contribution is -2.39. The van der Waals surface area contributed by atoms with Crippen LogP contribution >= 0.6 is 23.2 Å². The molecule has 3 rings (SSSR count). The molecule has 0 spiro atoms. The SMILES string of the molecule is CCC(CNc1ccc(Cl)cn1)NC(=O)c1cc(Cl)ccc1-n1nccn1. The number of nitrogens with one attached hydrogen (secondary N) is 2. The van der Waals surface area contributed by atoms with Gasteiger partial charge in [0.15, 0.2) is 0 Å². The average Bonchev–Trinajstić information content (AvgIpc) is 3.20. The van der Waals surface area contributed by atoms with Crippen molar-refractivity contribution in [1.29, 1.82) is 0 Å². The van der Waals surface area contributed by atoms with Crippen LogP contribution in [0.1, 0.15) is 23.7 Å². The van der Waals surface area contributed by atoms with Gasteiger partial charge in [0.1, 0.15) is 5.82 Å². The van der Waals surface area contributed by atoms with Crippen LogP contribution in [0.25, 0.3) is 5.69 Å². The number of pyridine rings is 1. The van der Waals surface area contributed by atoms with E-state index in [0.29, 0.717) is 33.7 Å². The second-order valence-electron chi connectivity index (χ2n) is 5.80. The Hall–Kier alpha value is -2.64. The van der Waals surface area contributed by atoms with Crippen molar-refractivity contribution in [2.45, 2.75) is 19.4 Å². The minimum atomic E-state index is -0.248. The lowest BCUT2D eigenvalue weighted by atomic mass is 10.1. The van der Waals surface area contributed by atoms with Gasteiger partial charge >= 0.3 is 0 Å². The van der Waals surface area contributed by atoms with Crippen molar-refractivity contribution in [2.75, 3.05) is 11.9 Å². The molecule has 0 saturated heterocycles. The number of halogens is 2. The van der Waals surface area contributed by atoms with Gasteiger partial charge in [-0.15, -0.1) is 0 Å². The Morgan fingerprint density at radius 2 is 1.89 bits per heavy atom.